The number of nitriles is 1. The van der Waals surface area contributed by atoms with Crippen LogP contribution in [0.1, 0.15) is 6.42 Å². The van der Waals surface area contributed by atoms with Crippen molar-refractivity contribution in [1.29, 1.82) is 5.26 Å². The zero-order valence-electron chi connectivity index (χ0n) is 17.2. The molecule has 0 saturated carbocycles. The van der Waals surface area contributed by atoms with Crippen LogP contribution >= 0.6 is 10.3 Å². The standard InChI is InChI=1S/C23H19F2NO5S2/c24-23(25,22(27)30-18-10-17-26)33(28,29)31-32(19-11-4-1-5-12-19,20-13-6-2-7-14-20)21-15-8-3-9-16-21/h1-9,11-16H,10,18H2/p+1. The topological polar surface area (TPSA) is 97.0 Å². The minimum Gasteiger partial charge on any atom is -0.459 e. The molecular formula is C23H20F2NO5S2+. The van der Waals surface area contributed by atoms with Crippen LogP contribution in [-0.2, 0) is 19.6 Å². The molecule has 0 unspecified atom stereocenters. The molecule has 0 fully saturated rings. The van der Waals surface area contributed by atoms with Crippen LogP contribution in [0.15, 0.2) is 106 Å². The molecule has 6 nitrogen and oxygen atoms in total. The molecule has 0 saturated heterocycles. The second kappa shape index (κ2) is 10.1. The highest BCUT2D eigenvalue weighted by Crippen LogP contribution is 2.68. The lowest BCUT2D eigenvalue weighted by molar-refractivity contribution is -0.161. The molecule has 3 aromatic rings. The minimum absolute atomic E-state index is 0.355. The number of carbonyl (C=O) groups is 1. The van der Waals surface area contributed by atoms with Gasteiger partial charge in [-0.25, -0.2) is 4.79 Å². The van der Waals surface area contributed by atoms with Crippen LogP contribution in [0.5, 0.6) is 0 Å². The Bertz CT molecular complexity index is 1140. The lowest BCUT2D eigenvalue weighted by Crippen LogP contribution is -2.42. The van der Waals surface area contributed by atoms with Crippen molar-refractivity contribution in [2.45, 2.75) is 26.4 Å². The molecule has 1 N–H and O–H groups in total. The van der Waals surface area contributed by atoms with Crippen molar-refractivity contribution < 1.29 is 30.4 Å². The van der Waals surface area contributed by atoms with E-state index in [0.29, 0.717) is 14.7 Å². The molecular weight excluding hydrogens is 472 g/mol. The van der Waals surface area contributed by atoms with Gasteiger partial charge in [-0.05, 0) is 36.4 Å². The zero-order valence-corrected chi connectivity index (χ0v) is 18.8. The predicted molar refractivity (Wildman–Crippen MR) is 119 cm³/mol. The summed E-state index contributed by atoms with van der Waals surface area (Å²) in [4.78, 5) is 13.1. The fourth-order valence-corrected chi connectivity index (χ4v) is 8.29. The average Bonchev–Trinajstić information content (AvgIpc) is 2.84. The van der Waals surface area contributed by atoms with Crippen molar-refractivity contribution in [3.63, 3.8) is 0 Å². The van der Waals surface area contributed by atoms with E-state index in [9.17, 15) is 22.0 Å². The van der Waals surface area contributed by atoms with Crippen LogP contribution in [-0.4, -0.2) is 29.9 Å². The first-order chi connectivity index (χ1) is 15.8. The number of carbonyl (C=O) groups excluding carboxylic acids is 1. The second-order valence-corrected chi connectivity index (χ2v) is 11.3. The van der Waals surface area contributed by atoms with Crippen molar-refractivity contribution in [2.24, 2.45) is 0 Å². The average molecular weight is 493 g/mol. The third-order valence-electron chi connectivity index (χ3n) is 4.47. The van der Waals surface area contributed by atoms with Crippen LogP contribution in [0.3, 0.4) is 0 Å². The van der Waals surface area contributed by atoms with Gasteiger partial charge < -0.3 is 4.74 Å². The highest BCUT2D eigenvalue weighted by Gasteiger charge is 2.63. The Kier molecular flexibility index (Phi) is 7.48. The first-order valence-electron chi connectivity index (χ1n) is 9.65. The molecule has 0 aliphatic heterocycles. The molecule has 0 heterocycles. The van der Waals surface area contributed by atoms with E-state index in [-0.39, 0.29) is 6.42 Å². The van der Waals surface area contributed by atoms with Gasteiger partial charge in [-0.2, -0.15) is 14.0 Å². The van der Waals surface area contributed by atoms with E-state index in [1.807, 2.05) is 0 Å². The number of esters is 1. The van der Waals surface area contributed by atoms with Gasteiger partial charge >= 0.3 is 21.3 Å². The van der Waals surface area contributed by atoms with E-state index in [1.54, 1.807) is 97.1 Å². The van der Waals surface area contributed by atoms with Gasteiger partial charge in [0, 0.05) is 0 Å². The van der Waals surface area contributed by atoms with Crippen molar-refractivity contribution >= 4 is 26.4 Å². The molecule has 0 amide bonds. The Labute approximate surface area is 192 Å². The van der Waals surface area contributed by atoms with E-state index in [2.05, 4.69) is 8.37 Å². The van der Waals surface area contributed by atoms with Crippen molar-refractivity contribution in [2.75, 3.05) is 6.61 Å². The maximum absolute atomic E-state index is 14.9. The maximum Gasteiger partial charge on any atom is 0.514 e. The lowest BCUT2D eigenvalue weighted by Gasteiger charge is -2.35. The Balaban J connectivity index is 2.21. The first-order valence-corrected chi connectivity index (χ1v) is 12.7. The van der Waals surface area contributed by atoms with E-state index >= 15 is 0 Å². The number of ether oxygens (including phenoxy) is 1. The van der Waals surface area contributed by atoms with E-state index in [1.165, 1.54) is 0 Å². The summed E-state index contributed by atoms with van der Waals surface area (Å²) in [7, 11) is -8.86. The summed E-state index contributed by atoms with van der Waals surface area (Å²) in [5.41, 5.74) is 0. The van der Waals surface area contributed by atoms with Gasteiger partial charge in [0.15, 0.2) is 0 Å². The van der Waals surface area contributed by atoms with E-state index in [0.717, 1.165) is 0 Å². The van der Waals surface area contributed by atoms with Gasteiger partial charge in [0.05, 0.1) is 37.5 Å². The van der Waals surface area contributed by atoms with Crippen LogP contribution < -0.4 is 0 Å². The molecule has 0 bridgehead atoms. The largest absolute Gasteiger partial charge is 0.514 e. The molecule has 0 radical (unpaired) electrons. The van der Waals surface area contributed by atoms with Crippen molar-refractivity contribution in [3.8, 4) is 6.07 Å². The van der Waals surface area contributed by atoms with Gasteiger partial charge in [0.2, 0.25) is 0 Å². The third-order valence-corrected chi connectivity index (χ3v) is 9.83. The summed E-state index contributed by atoms with van der Waals surface area (Å²) in [5.74, 6) is -2.27. The van der Waals surface area contributed by atoms with Gasteiger partial charge in [-0.1, -0.05) is 54.6 Å². The molecule has 3 aromatic carbocycles. The number of hydrogen-bond donors (Lipinski definition) is 0. The summed E-state index contributed by atoms with van der Waals surface area (Å²) in [6, 6.07) is 26.3. The highest BCUT2D eigenvalue weighted by atomic mass is 32.3. The number of benzene rings is 3. The first kappa shape index (κ1) is 24.4. The smallest absolute Gasteiger partial charge is 0.459 e. The maximum atomic E-state index is 14.9. The molecule has 33 heavy (non-hydrogen) atoms. The normalized spacial score (nSPS) is 12.5. The molecule has 172 valence electrons. The molecule has 0 aliphatic carbocycles. The number of hydrogen-bond acceptors (Lipinski definition) is 5. The summed E-state index contributed by atoms with van der Waals surface area (Å²) in [6.07, 6.45) is -0.355. The van der Waals surface area contributed by atoms with Gasteiger partial charge in [0.25, 0.3) is 0 Å². The Morgan fingerprint density at radius 1 is 0.848 bits per heavy atom. The molecule has 3 rings (SSSR count). The molecule has 0 aliphatic rings. The van der Waals surface area contributed by atoms with E-state index < -0.39 is 38.3 Å². The van der Waals surface area contributed by atoms with E-state index in [4.69, 9.17) is 5.26 Å². The summed E-state index contributed by atoms with van der Waals surface area (Å²) < 4.78 is 63.9. The van der Waals surface area contributed by atoms with Crippen LogP contribution in [0, 0.1) is 11.3 Å². The third kappa shape index (κ3) is 4.90. The van der Waals surface area contributed by atoms with Crippen LogP contribution in [0.2, 0.25) is 0 Å². The fourth-order valence-electron chi connectivity index (χ4n) is 2.96. The van der Waals surface area contributed by atoms with Gasteiger partial charge in [-0.15, -0.1) is 8.42 Å². The van der Waals surface area contributed by atoms with Crippen LogP contribution in [0.25, 0.3) is 0 Å². The summed E-state index contributed by atoms with van der Waals surface area (Å²) in [5, 5.41) is 3.57. The SMILES string of the molecule is N#CCCOC(=O)C(F)(F)S(=O)(=O)[OH+]S(c1ccccc1)(c1ccccc1)c1ccccc1. The van der Waals surface area contributed by atoms with Crippen molar-refractivity contribution in [3.05, 3.63) is 91.0 Å². The van der Waals surface area contributed by atoms with Gasteiger partial charge in [-0.3, -0.25) is 3.63 Å². The van der Waals surface area contributed by atoms with Gasteiger partial charge in [0.1, 0.15) is 6.61 Å². The second-order valence-electron chi connectivity index (χ2n) is 6.63. The summed E-state index contributed by atoms with van der Waals surface area (Å²) in [6.45, 7) is -0.658. The number of halogens is 2. The fraction of sp³-hybridized carbons (Fsp3) is 0.130. The Morgan fingerprint density at radius 2 is 1.24 bits per heavy atom. The number of rotatable bonds is 9. The predicted octanol–water partition coefficient (Wildman–Crippen LogP) is 5.36. The monoisotopic (exact) mass is 492 g/mol. The quantitative estimate of drug-likeness (QED) is 0.173. The lowest BCUT2D eigenvalue weighted by atomic mass is 10.4. The molecule has 0 atom stereocenters. The van der Waals surface area contributed by atoms with Crippen molar-refractivity contribution in [1.82, 2.24) is 0 Å². The number of nitrogens with zero attached hydrogens (tertiary/aromatic N) is 1. The number of alkyl halides is 2. The highest BCUT2D eigenvalue weighted by molar-refractivity contribution is 8.32. The summed E-state index contributed by atoms with van der Waals surface area (Å²) >= 11 is 0. The molecule has 10 heteroatoms. The Hall–Kier alpha value is -3.26. The zero-order chi connectivity index (χ0) is 24.0. The minimum atomic E-state index is -5.73. The molecule has 0 aromatic heterocycles. The van der Waals surface area contributed by atoms with Crippen LogP contribution in [0.4, 0.5) is 8.78 Å². The Morgan fingerprint density at radius 3 is 1.61 bits per heavy atom. The molecule has 0 spiro atoms.